The summed E-state index contributed by atoms with van der Waals surface area (Å²) < 4.78 is 16.5. The molecular formula is C30H23NO7. The van der Waals surface area contributed by atoms with Crippen molar-refractivity contribution in [1.82, 2.24) is 0 Å². The van der Waals surface area contributed by atoms with Crippen molar-refractivity contribution in [3.05, 3.63) is 95.6 Å². The fourth-order valence-corrected chi connectivity index (χ4v) is 5.00. The molecule has 0 radical (unpaired) electrons. The summed E-state index contributed by atoms with van der Waals surface area (Å²) in [7, 11) is 0. The summed E-state index contributed by atoms with van der Waals surface area (Å²) in [4.78, 5) is 28.5. The van der Waals surface area contributed by atoms with Gasteiger partial charge in [0.2, 0.25) is 6.79 Å². The Morgan fingerprint density at radius 2 is 1.76 bits per heavy atom. The number of ether oxygens (including phenoxy) is 3. The predicted octanol–water partition coefficient (Wildman–Crippen LogP) is 5.30. The number of amides is 1. The molecule has 8 heteroatoms. The highest BCUT2D eigenvalue weighted by molar-refractivity contribution is 6.51. The number of nitrogens with zero attached hydrogens (tertiary/aromatic N) is 1. The molecule has 4 aromatic rings. The van der Waals surface area contributed by atoms with Crippen LogP contribution in [0, 0.1) is 0 Å². The van der Waals surface area contributed by atoms with Crippen LogP contribution in [0.5, 0.6) is 23.0 Å². The van der Waals surface area contributed by atoms with Crippen LogP contribution in [0.3, 0.4) is 0 Å². The van der Waals surface area contributed by atoms with Gasteiger partial charge in [0.25, 0.3) is 11.7 Å². The minimum Gasteiger partial charge on any atom is -0.507 e. The normalized spacial score (nSPS) is 17.8. The average molecular weight is 510 g/mol. The van der Waals surface area contributed by atoms with Crippen LogP contribution in [0.4, 0.5) is 5.69 Å². The van der Waals surface area contributed by atoms with E-state index in [2.05, 4.69) is 0 Å². The van der Waals surface area contributed by atoms with Gasteiger partial charge < -0.3 is 24.4 Å². The van der Waals surface area contributed by atoms with Crippen LogP contribution < -0.4 is 19.1 Å². The number of benzene rings is 4. The number of carbonyl (C=O) groups excluding carboxylic acids is 2. The second-order valence-electron chi connectivity index (χ2n) is 8.89. The van der Waals surface area contributed by atoms with E-state index in [1.165, 1.54) is 11.0 Å². The number of Topliss-reactive ketones (excluding diaryl/α,β-unsaturated/α-hetero) is 1. The zero-order valence-electron chi connectivity index (χ0n) is 20.4. The number of fused-ring (bicyclic) bond motifs is 2. The fourth-order valence-electron chi connectivity index (χ4n) is 5.00. The zero-order chi connectivity index (χ0) is 26.4. The fraction of sp³-hybridized carbons (Fsp3) is 0.133. The lowest BCUT2D eigenvalue weighted by Crippen LogP contribution is -2.29. The van der Waals surface area contributed by atoms with Crippen LogP contribution in [0.25, 0.3) is 16.5 Å². The molecule has 2 N–H and O–H groups in total. The Bertz CT molecular complexity index is 1640. The summed E-state index contributed by atoms with van der Waals surface area (Å²) in [6.07, 6.45) is 0. The average Bonchev–Trinajstić information content (AvgIpc) is 3.51. The number of hydrogen-bond donors (Lipinski definition) is 2. The second kappa shape index (κ2) is 9.15. The number of rotatable bonds is 5. The van der Waals surface area contributed by atoms with Crippen molar-refractivity contribution >= 4 is 33.9 Å². The molecule has 0 aromatic heterocycles. The van der Waals surface area contributed by atoms with E-state index in [1.54, 1.807) is 49.4 Å². The lowest BCUT2D eigenvalue weighted by Gasteiger charge is -2.26. The van der Waals surface area contributed by atoms with Gasteiger partial charge in [0, 0.05) is 17.3 Å². The van der Waals surface area contributed by atoms with E-state index in [-0.39, 0.29) is 29.6 Å². The quantitative estimate of drug-likeness (QED) is 0.214. The summed E-state index contributed by atoms with van der Waals surface area (Å²) in [6, 6.07) is 21.5. The minimum absolute atomic E-state index is 0.0534. The maximum atomic E-state index is 13.6. The van der Waals surface area contributed by atoms with Gasteiger partial charge in [-0.05, 0) is 47.5 Å². The van der Waals surface area contributed by atoms with Crippen LogP contribution in [0.2, 0.25) is 0 Å². The molecule has 2 aliphatic rings. The van der Waals surface area contributed by atoms with Crippen molar-refractivity contribution in [2.75, 3.05) is 18.3 Å². The highest BCUT2D eigenvalue weighted by Crippen LogP contribution is 2.46. The van der Waals surface area contributed by atoms with Crippen molar-refractivity contribution in [3.63, 3.8) is 0 Å². The number of phenolic OH excluding ortho intramolecular Hbond substituents is 1. The number of aliphatic hydroxyl groups excluding tert-OH is 1. The first-order valence-corrected chi connectivity index (χ1v) is 12.1. The molecule has 0 aliphatic carbocycles. The molecular weight excluding hydrogens is 486 g/mol. The standard InChI is InChI=1S/C30H23NO7/c1-2-36-24-14-18(10-12-22(24)32)27-26(28(33)21-9-5-7-17-6-3-4-8-20(17)21)29(34)30(35)31(27)19-11-13-23-25(15-19)38-16-37-23/h3-15,27,32-33H,2,16H2,1H3/b28-26+. The summed E-state index contributed by atoms with van der Waals surface area (Å²) in [5.41, 5.74) is 1.23. The molecule has 8 nitrogen and oxygen atoms in total. The Kier molecular flexibility index (Phi) is 5.64. The Labute approximate surface area is 217 Å². The van der Waals surface area contributed by atoms with Crippen LogP contribution in [0.15, 0.2) is 84.4 Å². The Morgan fingerprint density at radius 1 is 0.974 bits per heavy atom. The molecule has 4 aromatic carbocycles. The molecule has 1 unspecified atom stereocenters. The number of phenols is 1. The molecule has 38 heavy (non-hydrogen) atoms. The largest absolute Gasteiger partial charge is 0.507 e. The zero-order valence-corrected chi connectivity index (χ0v) is 20.4. The van der Waals surface area contributed by atoms with Gasteiger partial charge in [0.1, 0.15) is 5.76 Å². The van der Waals surface area contributed by atoms with Gasteiger partial charge in [0.05, 0.1) is 18.2 Å². The first-order valence-electron chi connectivity index (χ1n) is 12.1. The highest BCUT2D eigenvalue weighted by Gasteiger charge is 2.47. The number of hydrogen-bond acceptors (Lipinski definition) is 7. The maximum absolute atomic E-state index is 13.6. The summed E-state index contributed by atoms with van der Waals surface area (Å²) >= 11 is 0. The van der Waals surface area contributed by atoms with E-state index in [1.807, 2.05) is 30.3 Å². The molecule has 0 spiro atoms. The van der Waals surface area contributed by atoms with E-state index in [0.717, 1.165) is 10.8 Å². The number of aliphatic hydroxyl groups is 1. The second-order valence-corrected chi connectivity index (χ2v) is 8.89. The van der Waals surface area contributed by atoms with Gasteiger partial charge in [-0.3, -0.25) is 14.5 Å². The van der Waals surface area contributed by atoms with Crippen molar-refractivity contribution in [3.8, 4) is 23.0 Å². The Morgan fingerprint density at radius 3 is 2.61 bits per heavy atom. The van der Waals surface area contributed by atoms with Gasteiger partial charge in [-0.1, -0.05) is 48.5 Å². The van der Waals surface area contributed by atoms with E-state index in [9.17, 15) is 19.8 Å². The van der Waals surface area contributed by atoms with Gasteiger partial charge in [0.15, 0.2) is 23.0 Å². The SMILES string of the molecule is CCOc1cc(C2/C(=C(\O)c3cccc4ccccc34)C(=O)C(=O)N2c2ccc3c(c2)OCO3)ccc1O. The van der Waals surface area contributed by atoms with Crippen LogP contribution in [-0.2, 0) is 9.59 Å². The molecule has 1 fully saturated rings. The third-order valence-electron chi connectivity index (χ3n) is 6.72. The third kappa shape index (κ3) is 3.69. The summed E-state index contributed by atoms with van der Waals surface area (Å²) in [5, 5.41) is 23.6. The van der Waals surface area contributed by atoms with Gasteiger partial charge >= 0.3 is 0 Å². The first kappa shape index (κ1) is 23.4. The van der Waals surface area contributed by atoms with Crippen LogP contribution in [0.1, 0.15) is 24.1 Å². The molecule has 2 heterocycles. The van der Waals surface area contributed by atoms with Crippen molar-refractivity contribution in [2.24, 2.45) is 0 Å². The molecule has 1 amide bonds. The third-order valence-corrected chi connectivity index (χ3v) is 6.72. The smallest absolute Gasteiger partial charge is 0.300 e. The van der Waals surface area contributed by atoms with Crippen molar-refractivity contribution in [1.29, 1.82) is 0 Å². The Hall–Kier alpha value is -4.98. The van der Waals surface area contributed by atoms with Crippen molar-refractivity contribution < 1.29 is 34.0 Å². The van der Waals surface area contributed by atoms with E-state index < -0.39 is 17.7 Å². The van der Waals surface area contributed by atoms with E-state index >= 15 is 0 Å². The lowest BCUT2D eigenvalue weighted by molar-refractivity contribution is -0.132. The van der Waals surface area contributed by atoms with Crippen LogP contribution in [-0.4, -0.2) is 35.3 Å². The molecule has 6 rings (SSSR count). The predicted molar refractivity (Wildman–Crippen MR) is 141 cm³/mol. The van der Waals surface area contributed by atoms with Gasteiger partial charge in [-0.25, -0.2) is 0 Å². The minimum atomic E-state index is -1.01. The number of aromatic hydroxyl groups is 1. The number of carbonyl (C=O) groups is 2. The summed E-state index contributed by atoms with van der Waals surface area (Å²) in [6.45, 7) is 2.14. The monoisotopic (exact) mass is 509 g/mol. The first-order chi connectivity index (χ1) is 18.5. The Balaban J connectivity index is 1.59. The molecule has 2 aliphatic heterocycles. The topological polar surface area (TPSA) is 106 Å². The van der Waals surface area contributed by atoms with Crippen LogP contribution >= 0.6 is 0 Å². The maximum Gasteiger partial charge on any atom is 0.300 e. The van der Waals surface area contributed by atoms with Gasteiger partial charge in [-0.2, -0.15) is 0 Å². The molecule has 190 valence electrons. The highest BCUT2D eigenvalue weighted by atomic mass is 16.7. The lowest BCUT2D eigenvalue weighted by atomic mass is 9.93. The molecule has 1 atom stereocenters. The van der Waals surface area contributed by atoms with Gasteiger partial charge in [-0.15, -0.1) is 0 Å². The number of ketones is 1. The molecule has 0 bridgehead atoms. The number of anilines is 1. The van der Waals surface area contributed by atoms with Crippen molar-refractivity contribution in [2.45, 2.75) is 13.0 Å². The van der Waals surface area contributed by atoms with E-state index in [4.69, 9.17) is 14.2 Å². The molecule has 0 saturated carbocycles. The van der Waals surface area contributed by atoms with E-state index in [0.29, 0.717) is 34.9 Å². The summed E-state index contributed by atoms with van der Waals surface area (Å²) in [5.74, 6) is -0.833. The molecule has 1 saturated heterocycles.